The molecular weight excluding hydrogens is 388 g/mol. The summed E-state index contributed by atoms with van der Waals surface area (Å²) in [5, 5.41) is 11.2. The van der Waals surface area contributed by atoms with E-state index in [0.717, 1.165) is 30.5 Å². The van der Waals surface area contributed by atoms with Gasteiger partial charge in [-0.15, -0.1) is 0 Å². The molecule has 2 aliphatic carbocycles. The average Bonchev–Trinajstić information content (AvgIpc) is 3.43. The van der Waals surface area contributed by atoms with Crippen LogP contribution in [-0.4, -0.2) is 17.3 Å². The molecule has 0 N–H and O–H groups in total. The Hall–Kier alpha value is -3.21. The van der Waals surface area contributed by atoms with E-state index >= 15 is 0 Å². The lowest BCUT2D eigenvalue weighted by molar-refractivity contribution is -0.384. The number of nitro groups is 1. The second-order valence-corrected chi connectivity index (χ2v) is 9.31. The highest BCUT2D eigenvalue weighted by Gasteiger charge is 2.47. The van der Waals surface area contributed by atoms with Crippen LogP contribution in [0.5, 0.6) is 0 Å². The standard InChI is InChI=1S/C26H24N2O3/c1-15(29)18-12-23-20-5-2-4-17(20)14-27-25(16-8-10-19(11-9-16)28(30)31)22-7-3-6-21(22)24(13-18)26(23)27/h2-3,5-6,8-13,17,20-22,25H,4,7,14H2,1H3/t17-,20-,21+,22-,25-/m0/s1. The Morgan fingerprint density at radius 2 is 1.71 bits per heavy atom. The minimum Gasteiger partial charge on any atom is -0.363 e. The maximum Gasteiger partial charge on any atom is 0.269 e. The minimum absolute atomic E-state index is 0.116. The van der Waals surface area contributed by atoms with Gasteiger partial charge in [-0.3, -0.25) is 14.9 Å². The average molecular weight is 412 g/mol. The van der Waals surface area contributed by atoms with E-state index in [1.807, 2.05) is 12.1 Å². The van der Waals surface area contributed by atoms with E-state index in [1.54, 1.807) is 19.1 Å². The molecule has 0 saturated heterocycles. The van der Waals surface area contributed by atoms with Crippen LogP contribution in [0.15, 0.2) is 60.7 Å². The molecule has 5 heteroatoms. The predicted molar refractivity (Wildman–Crippen MR) is 120 cm³/mol. The highest BCUT2D eigenvalue weighted by Crippen LogP contribution is 2.59. The van der Waals surface area contributed by atoms with Gasteiger partial charge in [0.2, 0.25) is 0 Å². The molecule has 2 aliphatic heterocycles. The Morgan fingerprint density at radius 1 is 1.03 bits per heavy atom. The topological polar surface area (TPSA) is 63.4 Å². The number of benzene rings is 2. The van der Waals surface area contributed by atoms with E-state index in [4.69, 9.17) is 0 Å². The number of hydrogen-bond donors (Lipinski definition) is 0. The molecule has 156 valence electrons. The summed E-state index contributed by atoms with van der Waals surface area (Å²) in [5.41, 5.74) is 5.92. The Bertz CT molecular complexity index is 1150. The molecule has 2 aromatic carbocycles. The predicted octanol–water partition coefficient (Wildman–Crippen LogP) is 5.69. The van der Waals surface area contributed by atoms with Crippen molar-refractivity contribution in [1.29, 1.82) is 0 Å². The Labute approximate surface area is 181 Å². The highest BCUT2D eigenvalue weighted by molar-refractivity contribution is 5.95. The SMILES string of the molecule is CC(=O)c1cc2c3c(c1)[C@@H]1C=CC[C@@H]1[C@H](c1ccc([N+](=O)[O-])cc1)N3C[C@@H]1CC=C[C@H]21. The summed E-state index contributed by atoms with van der Waals surface area (Å²) in [6.07, 6.45) is 11.2. The van der Waals surface area contributed by atoms with Crippen LogP contribution in [-0.2, 0) is 0 Å². The summed E-state index contributed by atoms with van der Waals surface area (Å²) < 4.78 is 0. The molecule has 2 heterocycles. The van der Waals surface area contributed by atoms with Crippen LogP contribution in [0.25, 0.3) is 0 Å². The molecule has 0 radical (unpaired) electrons. The normalized spacial score (nSPS) is 29.5. The van der Waals surface area contributed by atoms with Crippen molar-refractivity contribution in [1.82, 2.24) is 0 Å². The largest absolute Gasteiger partial charge is 0.363 e. The van der Waals surface area contributed by atoms with E-state index in [9.17, 15) is 14.9 Å². The van der Waals surface area contributed by atoms with Crippen LogP contribution in [0, 0.1) is 22.0 Å². The van der Waals surface area contributed by atoms with E-state index in [-0.39, 0.29) is 28.4 Å². The number of carbonyl (C=O) groups is 1. The second kappa shape index (κ2) is 6.64. The number of Topliss-reactive ketones (excluding diaryl/α,β-unsaturated/α-hetero) is 1. The molecule has 0 amide bonds. The van der Waals surface area contributed by atoms with Gasteiger partial charge in [0.15, 0.2) is 5.78 Å². The lowest BCUT2D eigenvalue weighted by atomic mass is 9.70. The van der Waals surface area contributed by atoms with Gasteiger partial charge in [-0.1, -0.05) is 36.4 Å². The van der Waals surface area contributed by atoms with Crippen molar-refractivity contribution in [2.24, 2.45) is 11.8 Å². The van der Waals surface area contributed by atoms with Crippen LogP contribution in [0.4, 0.5) is 11.4 Å². The van der Waals surface area contributed by atoms with Crippen LogP contribution in [0.3, 0.4) is 0 Å². The molecule has 0 spiro atoms. The molecule has 0 bridgehead atoms. The summed E-state index contributed by atoms with van der Waals surface area (Å²) in [6, 6.07) is 11.5. The van der Waals surface area contributed by atoms with Gasteiger partial charge in [-0.05, 0) is 60.4 Å². The van der Waals surface area contributed by atoms with Gasteiger partial charge in [0.1, 0.15) is 0 Å². The summed E-state index contributed by atoms with van der Waals surface area (Å²) in [5.74, 6) is 1.63. The van der Waals surface area contributed by atoms with Gasteiger partial charge in [0, 0.05) is 41.8 Å². The fourth-order valence-corrected chi connectivity index (χ4v) is 6.35. The third-order valence-electron chi connectivity index (χ3n) is 7.70. The summed E-state index contributed by atoms with van der Waals surface area (Å²) >= 11 is 0. The van der Waals surface area contributed by atoms with Crippen molar-refractivity contribution in [3.05, 3.63) is 93.1 Å². The number of hydrogen-bond acceptors (Lipinski definition) is 4. The minimum atomic E-state index is -0.336. The molecule has 0 aromatic heterocycles. The second-order valence-electron chi connectivity index (χ2n) is 9.31. The van der Waals surface area contributed by atoms with E-state index in [0.29, 0.717) is 17.8 Å². The number of fused-ring (bicyclic) bond motifs is 4. The smallest absolute Gasteiger partial charge is 0.269 e. The van der Waals surface area contributed by atoms with Gasteiger partial charge in [0.05, 0.1) is 11.0 Å². The zero-order valence-corrected chi connectivity index (χ0v) is 17.4. The Kier molecular flexibility index (Phi) is 3.98. The van der Waals surface area contributed by atoms with Gasteiger partial charge in [-0.25, -0.2) is 0 Å². The molecule has 0 unspecified atom stereocenters. The summed E-state index contributed by atoms with van der Waals surface area (Å²) in [4.78, 5) is 25.7. The van der Waals surface area contributed by atoms with E-state index in [2.05, 4.69) is 41.3 Å². The molecule has 2 aromatic rings. The lowest BCUT2D eigenvalue weighted by Crippen LogP contribution is -2.46. The quantitative estimate of drug-likeness (QED) is 0.281. The van der Waals surface area contributed by atoms with Crippen LogP contribution in [0.1, 0.15) is 64.7 Å². The first-order chi connectivity index (χ1) is 15.0. The van der Waals surface area contributed by atoms with Crippen molar-refractivity contribution >= 4 is 17.2 Å². The first kappa shape index (κ1) is 18.6. The molecule has 5 atom stereocenters. The number of allylic oxidation sites excluding steroid dienone is 4. The number of non-ortho nitro benzene ring substituents is 1. The van der Waals surface area contributed by atoms with E-state index in [1.165, 1.54) is 16.8 Å². The number of rotatable bonds is 3. The number of anilines is 1. The summed E-state index contributed by atoms with van der Waals surface area (Å²) in [7, 11) is 0. The van der Waals surface area contributed by atoms with Crippen LogP contribution < -0.4 is 4.90 Å². The summed E-state index contributed by atoms with van der Waals surface area (Å²) in [6.45, 7) is 2.63. The monoisotopic (exact) mass is 412 g/mol. The first-order valence-electron chi connectivity index (χ1n) is 11.1. The lowest BCUT2D eigenvalue weighted by Gasteiger charge is -2.51. The van der Waals surface area contributed by atoms with Crippen molar-refractivity contribution in [2.45, 2.75) is 37.6 Å². The van der Waals surface area contributed by atoms with Crippen molar-refractivity contribution in [2.75, 3.05) is 11.4 Å². The fraction of sp³-hybridized carbons (Fsp3) is 0.346. The fourth-order valence-electron chi connectivity index (χ4n) is 6.35. The van der Waals surface area contributed by atoms with Crippen molar-refractivity contribution in [3.8, 4) is 0 Å². The number of nitrogens with zero attached hydrogens (tertiary/aromatic N) is 2. The third-order valence-corrected chi connectivity index (χ3v) is 7.70. The van der Waals surface area contributed by atoms with Gasteiger partial charge >= 0.3 is 0 Å². The maximum atomic E-state index is 12.4. The molecular formula is C26H24N2O3. The van der Waals surface area contributed by atoms with Crippen LogP contribution >= 0.6 is 0 Å². The number of nitro benzene ring substituents is 1. The molecule has 0 fully saturated rings. The third kappa shape index (κ3) is 2.65. The maximum absolute atomic E-state index is 12.4. The molecule has 6 rings (SSSR count). The van der Waals surface area contributed by atoms with Gasteiger partial charge < -0.3 is 4.90 Å². The van der Waals surface area contributed by atoms with E-state index < -0.39 is 0 Å². The molecule has 31 heavy (non-hydrogen) atoms. The Morgan fingerprint density at radius 3 is 2.42 bits per heavy atom. The van der Waals surface area contributed by atoms with Crippen molar-refractivity contribution < 1.29 is 9.72 Å². The zero-order chi connectivity index (χ0) is 21.3. The van der Waals surface area contributed by atoms with Gasteiger partial charge in [-0.2, -0.15) is 0 Å². The molecule has 5 nitrogen and oxygen atoms in total. The first-order valence-corrected chi connectivity index (χ1v) is 11.1. The molecule has 4 aliphatic rings. The highest BCUT2D eigenvalue weighted by atomic mass is 16.6. The molecule has 0 saturated carbocycles. The van der Waals surface area contributed by atoms with Crippen molar-refractivity contribution in [3.63, 3.8) is 0 Å². The number of carbonyl (C=O) groups excluding carboxylic acids is 1. The number of ketones is 1. The van der Waals surface area contributed by atoms with Crippen LogP contribution in [0.2, 0.25) is 0 Å². The van der Waals surface area contributed by atoms with Gasteiger partial charge in [0.25, 0.3) is 5.69 Å². The Balaban J connectivity index is 1.55. The zero-order valence-electron chi connectivity index (χ0n) is 17.4.